The number of benzene rings is 1. The average molecular weight is 508 g/mol. The van der Waals surface area contributed by atoms with E-state index >= 15 is 0 Å². The molecule has 0 radical (unpaired) electrons. The second-order valence-corrected chi connectivity index (χ2v) is 9.39. The maximum absolute atomic E-state index is 12.0. The van der Waals surface area contributed by atoms with Gasteiger partial charge in [0.25, 0.3) is 0 Å². The zero-order valence-electron chi connectivity index (χ0n) is 19.2. The summed E-state index contributed by atoms with van der Waals surface area (Å²) in [7, 11) is 0. The molecular weight excluding hydrogens is 471 g/mol. The van der Waals surface area contributed by atoms with Crippen molar-refractivity contribution in [3.63, 3.8) is 0 Å². The Morgan fingerprint density at radius 1 is 0.688 bits per heavy atom. The Labute approximate surface area is 208 Å². The number of esters is 2. The van der Waals surface area contributed by atoms with Gasteiger partial charge in [0.1, 0.15) is 0 Å². The number of halogens is 3. The highest BCUT2D eigenvalue weighted by atomic mass is 35.5. The van der Waals surface area contributed by atoms with E-state index in [1.54, 1.807) is 0 Å². The van der Waals surface area contributed by atoms with E-state index in [0.29, 0.717) is 24.5 Å². The summed E-state index contributed by atoms with van der Waals surface area (Å²) in [5.74, 6) is -0.292. The van der Waals surface area contributed by atoms with E-state index in [-0.39, 0.29) is 27.7 Å². The topological polar surface area (TPSA) is 52.6 Å². The number of hydrogen-bond acceptors (Lipinski definition) is 4. The molecule has 32 heavy (non-hydrogen) atoms. The summed E-state index contributed by atoms with van der Waals surface area (Å²) < 4.78 is 10.6. The van der Waals surface area contributed by atoms with Crippen molar-refractivity contribution in [3.8, 4) is 5.75 Å². The molecule has 0 aromatic heterocycles. The molecule has 0 amide bonds. The molecule has 4 nitrogen and oxygen atoms in total. The number of rotatable bonds is 18. The van der Waals surface area contributed by atoms with Crippen LogP contribution in [0.5, 0.6) is 5.75 Å². The second-order valence-electron chi connectivity index (χ2n) is 8.14. The third-order valence-electron chi connectivity index (χ3n) is 5.20. The first kappa shape index (κ1) is 29.1. The minimum absolute atomic E-state index is 0.0850. The van der Waals surface area contributed by atoms with Crippen molar-refractivity contribution in [1.29, 1.82) is 0 Å². The van der Waals surface area contributed by atoms with Crippen LogP contribution in [0.25, 0.3) is 0 Å². The van der Waals surface area contributed by atoms with E-state index in [4.69, 9.17) is 44.3 Å². The van der Waals surface area contributed by atoms with Gasteiger partial charge in [-0.2, -0.15) is 0 Å². The Balaban J connectivity index is 1.95. The molecule has 0 spiro atoms. The van der Waals surface area contributed by atoms with Crippen LogP contribution in [0.2, 0.25) is 15.1 Å². The third kappa shape index (κ3) is 14.2. The van der Waals surface area contributed by atoms with Crippen molar-refractivity contribution in [3.05, 3.63) is 27.2 Å². The minimum Gasteiger partial charge on any atom is -0.466 e. The largest absolute Gasteiger partial charge is 0.466 e. The van der Waals surface area contributed by atoms with Gasteiger partial charge >= 0.3 is 11.9 Å². The number of carbonyl (C=O) groups is 2. The summed E-state index contributed by atoms with van der Waals surface area (Å²) in [6.07, 6.45) is 14.9. The first-order valence-corrected chi connectivity index (χ1v) is 13.1. The van der Waals surface area contributed by atoms with Gasteiger partial charge in [0.15, 0.2) is 5.75 Å². The molecule has 0 heterocycles. The molecule has 0 unspecified atom stereocenters. The lowest BCUT2D eigenvalue weighted by molar-refractivity contribution is -0.144. The van der Waals surface area contributed by atoms with Crippen LogP contribution in [0.4, 0.5) is 0 Å². The van der Waals surface area contributed by atoms with Crippen LogP contribution in [0, 0.1) is 0 Å². The lowest BCUT2D eigenvalue weighted by Gasteiger charge is -2.08. The van der Waals surface area contributed by atoms with Crippen molar-refractivity contribution in [2.45, 2.75) is 103 Å². The maximum atomic E-state index is 12.0. The normalized spacial score (nSPS) is 10.9. The fraction of sp³-hybridized carbons (Fsp3) is 0.680. The fourth-order valence-electron chi connectivity index (χ4n) is 3.35. The average Bonchev–Trinajstić information content (AvgIpc) is 2.74. The second kappa shape index (κ2) is 18.5. The van der Waals surface area contributed by atoms with Crippen LogP contribution in [-0.4, -0.2) is 18.5 Å². The summed E-state index contributed by atoms with van der Waals surface area (Å²) in [5.41, 5.74) is 0. The molecule has 0 atom stereocenters. The van der Waals surface area contributed by atoms with Crippen LogP contribution in [-0.2, 0) is 14.3 Å². The molecular formula is C25H37Cl3O4. The summed E-state index contributed by atoms with van der Waals surface area (Å²) in [6.45, 7) is 2.77. The highest BCUT2D eigenvalue weighted by molar-refractivity contribution is 6.40. The van der Waals surface area contributed by atoms with Gasteiger partial charge in [-0.25, -0.2) is 0 Å². The summed E-state index contributed by atoms with van der Waals surface area (Å²) >= 11 is 17.9. The van der Waals surface area contributed by atoms with E-state index in [1.807, 2.05) is 0 Å². The molecule has 0 fully saturated rings. The van der Waals surface area contributed by atoms with Crippen LogP contribution in [0.15, 0.2) is 12.1 Å². The monoisotopic (exact) mass is 506 g/mol. The maximum Gasteiger partial charge on any atom is 0.311 e. The predicted octanol–water partition coefficient (Wildman–Crippen LogP) is 8.97. The van der Waals surface area contributed by atoms with Crippen molar-refractivity contribution in [2.75, 3.05) is 6.61 Å². The molecule has 0 saturated carbocycles. The molecule has 0 aliphatic rings. The molecule has 1 rings (SSSR count). The molecule has 182 valence electrons. The Morgan fingerprint density at radius 2 is 1.16 bits per heavy atom. The van der Waals surface area contributed by atoms with Gasteiger partial charge in [-0.3, -0.25) is 9.59 Å². The number of hydrogen-bond donors (Lipinski definition) is 0. The molecule has 1 aromatic carbocycles. The van der Waals surface area contributed by atoms with E-state index in [9.17, 15) is 9.59 Å². The smallest absolute Gasteiger partial charge is 0.311 e. The summed E-state index contributed by atoms with van der Waals surface area (Å²) in [5, 5.41) is 0.829. The van der Waals surface area contributed by atoms with Crippen molar-refractivity contribution >= 4 is 46.7 Å². The number of ether oxygens (including phenoxy) is 2. The summed E-state index contributed by atoms with van der Waals surface area (Å²) in [6, 6.07) is 2.98. The zero-order valence-corrected chi connectivity index (χ0v) is 21.5. The van der Waals surface area contributed by atoms with Gasteiger partial charge in [0, 0.05) is 17.9 Å². The van der Waals surface area contributed by atoms with Gasteiger partial charge in [0.2, 0.25) is 0 Å². The van der Waals surface area contributed by atoms with Gasteiger partial charge in [0.05, 0.1) is 16.7 Å². The van der Waals surface area contributed by atoms with Gasteiger partial charge < -0.3 is 9.47 Å². The van der Waals surface area contributed by atoms with Crippen LogP contribution in [0.3, 0.4) is 0 Å². The fourth-order valence-corrected chi connectivity index (χ4v) is 4.25. The lowest BCUT2D eigenvalue weighted by atomic mass is 10.1. The summed E-state index contributed by atoms with van der Waals surface area (Å²) in [4.78, 5) is 23.7. The van der Waals surface area contributed by atoms with Gasteiger partial charge in [-0.1, -0.05) is 106 Å². The lowest BCUT2D eigenvalue weighted by Crippen LogP contribution is -2.08. The minimum atomic E-state index is -0.361. The Bertz CT molecular complexity index is 656. The predicted molar refractivity (Wildman–Crippen MR) is 133 cm³/mol. The Hall–Kier alpha value is -0.970. The molecule has 1 aromatic rings. The first-order chi connectivity index (χ1) is 15.4. The highest BCUT2D eigenvalue weighted by Gasteiger charge is 2.13. The SMILES string of the molecule is CCCCCCCCCOC(=O)CCCCCCCCC(=O)Oc1c(Cl)cc(Cl)cc1Cl. The van der Waals surface area contributed by atoms with Crippen molar-refractivity contribution < 1.29 is 19.1 Å². The molecule has 0 bridgehead atoms. The molecule has 0 aliphatic carbocycles. The van der Waals surface area contributed by atoms with Crippen molar-refractivity contribution in [1.82, 2.24) is 0 Å². The standard InChI is InChI=1S/C25H37Cl3O4/c1-2-3-4-5-8-11-14-17-31-23(29)15-12-9-6-7-10-13-16-24(30)32-25-21(27)18-20(26)19-22(25)28/h18-19H,2-17H2,1H3. The number of unbranched alkanes of at least 4 members (excludes halogenated alkanes) is 11. The van der Waals surface area contributed by atoms with Crippen LogP contribution in [0.1, 0.15) is 103 Å². The third-order valence-corrected chi connectivity index (χ3v) is 5.98. The van der Waals surface area contributed by atoms with Crippen LogP contribution >= 0.6 is 34.8 Å². The van der Waals surface area contributed by atoms with E-state index in [0.717, 1.165) is 51.4 Å². The number of carbonyl (C=O) groups excluding carboxylic acids is 2. The van der Waals surface area contributed by atoms with Gasteiger partial charge in [-0.05, 0) is 31.4 Å². The molecule has 0 saturated heterocycles. The van der Waals surface area contributed by atoms with E-state index in [1.165, 1.54) is 44.2 Å². The Kier molecular flexibility index (Phi) is 16.8. The first-order valence-electron chi connectivity index (χ1n) is 11.9. The van der Waals surface area contributed by atoms with Crippen molar-refractivity contribution in [2.24, 2.45) is 0 Å². The Morgan fingerprint density at radius 3 is 1.72 bits per heavy atom. The van der Waals surface area contributed by atoms with Crippen LogP contribution < -0.4 is 4.74 Å². The van der Waals surface area contributed by atoms with Gasteiger partial charge in [-0.15, -0.1) is 0 Å². The van der Waals surface area contributed by atoms with E-state index in [2.05, 4.69) is 6.92 Å². The zero-order chi connectivity index (χ0) is 23.6. The highest BCUT2D eigenvalue weighted by Crippen LogP contribution is 2.36. The quantitative estimate of drug-likeness (QED) is 0.113. The van der Waals surface area contributed by atoms with E-state index < -0.39 is 0 Å². The molecule has 0 N–H and O–H groups in total. The molecule has 7 heteroatoms. The molecule has 0 aliphatic heterocycles.